The molecule has 3 heterocycles. The Kier molecular flexibility index (Phi) is 4.03. The highest BCUT2D eigenvalue weighted by Gasteiger charge is 2.24. The highest BCUT2D eigenvalue weighted by Crippen LogP contribution is 2.23. The Morgan fingerprint density at radius 3 is 2.57 bits per heavy atom. The summed E-state index contributed by atoms with van der Waals surface area (Å²) in [5.41, 5.74) is 3.18. The number of ether oxygens (including phenoxy) is 1. The molecule has 0 aliphatic carbocycles. The number of hydrogen-bond donors (Lipinski definition) is 0. The van der Waals surface area contributed by atoms with Crippen LogP contribution in [-0.2, 0) is 11.3 Å². The Morgan fingerprint density at radius 2 is 1.90 bits per heavy atom. The summed E-state index contributed by atoms with van der Waals surface area (Å²) in [6.45, 7) is 11.0. The van der Waals surface area contributed by atoms with Gasteiger partial charge in [0.2, 0.25) is 5.78 Å². The molecule has 1 aliphatic rings. The fraction of sp³-hybridized carbons (Fsp3) is 0.600. The molecule has 0 radical (unpaired) electrons. The van der Waals surface area contributed by atoms with E-state index in [-0.39, 0.29) is 12.2 Å². The maximum Gasteiger partial charge on any atom is 0.235 e. The molecule has 1 aliphatic heterocycles. The lowest BCUT2D eigenvalue weighted by molar-refractivity contribution is -0.0707. The van der Waals surface area contributed by atoms with E-state index in [9.17, 15) is 0 Å². The maximum atomic E-state index is 5.79. The zero-order chi connectivity index (χ0) is 15.1. The fourth-order valence-electron chi connectivity index (χ4n) is 3.10. The first-order chi connectivity index (χ1) is 9.94. The van der Waals surface area contributed by atoms with Crippen molar-refractivity contribution in [2.75, 3.05) is 13.1 Å². The molecule has 21 heavy (non-hydrogen) atoms. The lowest BCUT2D eigenvalue weighted by Crippen LogP contribution is -2.44. The normalized spacial score (nSPS) is 23.9. The summed E-state index contributed by atoms with van der Waals surface area (Å²) in [5, 5.41) is 0. The van der Waals surface area contributed by atoms with Crippen molar-refractivity contribution >= 4 is 21.7 Å². The molecule has 0 aromatic carbocycles. The van der Waals surface area contributed by atoms with Crippen molar-refractivity contribution in [2.45, 2.75) is 46.4 Å². The van der Waals surface area contributed by atoms with Crippen molar-refractivity contribution in [3.63, 3.8) is 0 Å². The van der Waals surface area contributed by atoms with Gasteiger partial charge in [-0.25, -0.2) is 9.97 Å². The topological polar surface area (TPSA) is 42.7 Å². The first-order valence-electron chi connectivity index (χ1n) is 7.33. The summed E-state index contributed by atoms with van der Waals surface area (Å²) >= 11 is 3.69. The predicted octanol–water partition coefficient (Wildman–Crippen LogP) is 2.72. The van der Waals surface area contributed by atoms with Crippen LogP contribution < -0.4 is 0 Å². The second-order valence-corrected chi connectivity index (χ2v) is 6.73. The van der Waals surface area contributed by atoms with Crippen molar-refractivity contribution in [3.05, 3.63) is 27.8 Å². The summed E-state index contributed by atoms with van der Waals surface area (Å²) in [4.78, 5) is 11.6. The first-order valence-corrected chi connectivity index (χ1v) is 8.12. The molecule has 2 aromatic rings. The lowest BCUT2D eigenvalue weighted by atomic mass is 10.2. The molecule has 0 N–H and O–H groups in total. The number of aromatic nitrogens is 3. The average Bonchev–Trinajstić information content (AvgIpc) is 2.64. The number of aryl methyl sites for hydroxylation is 2. The number of imidazole rings is 1. The van der Waals surface area contributed by atoms with Gasteiger partial charge in [-0.05, 0) is 49.7 Å². The van der Waals surface area contributed by atoms with Gasteiger partial charge in [0.05, 0.1) is 17.9 Å². The van der Waals surface area contributed by atoms with Crippen LogP contribution in [0.3, 0.4) is 0 Å². The minimum absolute atomic E-state index is 0.270. The average molecular weight is 353 g/mol. The number of nitrogens with zero attached hydrogens (tertiary/aromatic N) is 4. The molecular formula is C15H21BrN4O. The maximum absolute atomic E-state index is 5.79. The van der Waals surface area contributed by atoms with E-state index >= 15 is 0 Å². The van der Waals surface area contributed by atoms with Gasteiger partial charge in [-0.15, -0.1) is 0 Å². The molecule has 2 aromatic heterocycles. The summed E-state index contributed by atoms with van der Waals surface area (Å²) in [7, 11) is 0. The van der Waals surface area contributed by atoms with Crippen LogP contribution >= 0.6 is 15.9 Å². The minimum Gasteiger partial charge on any atom is -0.373 e. The second kappa shape index (κ2) is 5.66. The van der Waals surface area contributed by atoms with E-state index in [0.29, 0.717) is 0 Å². The van der Waals surface area contributed by atoms with Crippen LogP contribution in [0.1, 0.15) is 30.9 Å². The standard InChI is InChI=1S/C15H21BrN4O/c1-9-5-10(2)20-14(16)13(18-15(20)17-9)8-19-6-11(3)21-12(4)7-19/h5,11-12H,6-8H2,1-4H3. The SMILES string of the molecule is Cc1cc(C)n2c(Br)c(CN3CC(C)OC(C)C3)nc2n1. The third-order valence-electron chi connectivity index (χ3n) is 3.78. The van der Waals surface area contributed by atoms with Crippen LogP contribution in [0.5, 0.6) is 0 Å². The summed E-state index contributed by atoms with van der Waals surface area (Å²) < 4.78 is 8.86. The van der Waals surface area contributed by atoms with Gasteiger partial charge in [0.1, 0.15) is 4.60 Å². The Labute approximate surface area is 133 Å². The van der Waals surface area contributed by atoms with Gasteiger partial charge in [0.25, 0.3) is 0 Å². The number of hydrogen-bond acceptors (Lipinski definition) is 4. The smallest absolute Gasteiger partial charge is 0.235 e. The van der Waals surface area contributed by atoms with E-state index in [1.165, 1.54) is 0 Å². The predicted molar refractivity (Wildman–Crippen MR) is 85.4 cm³/mol. The molecule has 114 valence electrons. The van der Waals surface area contributed by atoms with Gasteiger partial charge in [-0.3, -0.25) is 9.30 Å². The Balaban J connectivity index is 1.91. The van der Waals surface area contributed by atoms with Gasteiger partial charge >= 0.3 is 0 Å². The quantitative estimate of drug-likeness (QED) is 0.833. The Bertz CT molecular complexity index is 659. The first kappa shape index (κ1) is 14.9. The summed E-state index contributed by atoms with van der Waals surface area (Å²) in [6, 6.07) is 2.07. The molecule has 0 saturated carbocycles. The summed E-state index contributed by atoms with van der Waals surface area (Å²) in [6.07, 6.45) is 0.540. The van der Waals surface area contributed by atoms with E-state index in [4.69, 9.17) is 9.72 Å². The van der Waals surface area contributed by atoms with E-state index in [1.54, 1.807) is 0 Å². The monoisotopic (exact) mass is 352 g/mol. The molecule has 5 nitrogen and oxygen atoms in total. The number of fused-ring (bicyclic) bond motifs is 1. The Morgan fingerprint density at radius 1 is 1.24 bits per heavy atom. The largest absolute Gasteiger partial charge is 0.373 e. The van der Waals surface area contributed by atoms with E-state index in [0.717, 1.165) is 47.1 Å². The van der Waals surface area contributed by atoms with Crippen molar-refractivity contribution in [2.24, 2.45) is 0 Å². The van der Waals surface area contributed by atoms with Crippen LogP contribution in [0, 0.1) is 13.8 Å². The lowest BCUT2D eigenvalue weighted by Gasteiger charge is -2.34. The molecule has 1 fully saturated rings. The highest BCUT2D eigenvalue weighted by atomic mass is 79.9. The second-order valence-electron chi connectivity index (χ2n) is 5.98. The minimum atomic E-state index is 0.270. The molecule has 0 amide bonds. The van der Waals surface area contributed by atoms with E-state index < -0.39 is 0 Å². The van der Waals surface area contributed by atoms with Crippen LogP contribution in [0.2, 0.25) is 0 Å². The van der Waals surface area contributed by atoms with Crippen LogP contribution in [-0.4, -0.2) is 44.6 Å². The van der Waals surface area contributed by atoms with Crippen molar-refractivity contribution in [1.82, 2.24) is 19.3 Å². The van der Waals surface area contributed by atoms with Gasteiger partial charge in [0, 0.05) is 31.0 Å². The third-order valence-corrected chi connectivity index (χ3v) is 4.60. The molecule has 1 saturated heterocycles. The van der Waals surface area contributed by atoms with Crippen LogP contribution in [0.25, 0.3) is 5.78 Å². The number of morpholine rings is 1. The van der Waals surface area contributed by atoms with Crippen LogP contribution in [0.4, 0.5) is 0 Å². The molecular weight excluding hydrogens is 332 g/mol. The summed E-state index contributed by atoms with van der Waals surface area (Å²) in [5.74, 6) is 0.767. The zero-order valence-corrected chi connectivity index (χ0v) is 14.5. The van der Waals surface area contributed by atoms with Crippen molar-refractivity contribution in [3.8, 4) is 0 Å². The fourth-order valence-corrected chi connectivity index (χ4v) is 3.76. The molecule has 3 rings (SSSR count). The molecule has 0 bridgehead atoms. The third kappa shape index (κ3) is 2.98. The number of halogens is 1. The van der Waals surface area contributed by atoms with Gasteiger partial charge < -0.3 is 4.74 Å². The van der Waals surface area contributed by atoms with Gasteiger partial charge in [-0.2, -0.15) is 0 Å². The van der Waals surface area contributed by atoms with Crippen molar-refractivity contribution < 1.29 is 4.74 Å². The van der Waals surface area contributed by atoms with E-state index in [2.05, 4.69) is 57.1 Å². The van der Waals surface area contributed by atoms with Gasteiger partial charge in [0.15, 0.2) is 0 Å². The van der Waals surface area contributed by atoms with Crippen LogP contribution in [0.15, 0.2) is 10.7 Å². The molecule has 0 spiro atoms. The zero-order valence-electron chi connectivity index (χ0n) is 12.9. The van der Waals surface area contributed by atoms with Crippen molar-refractivity contribution in [1.29, 1.82) is 0 Å². The highest BCUT2D eigenvalue weighted by molar-refractivity contribution is 9.10. The van der Waals surface area contributed by atoms with Gasteiger partial charge in [-0.1, -0.05) is 0 Å². The molecule has 2 atom stereocenters. The number of rotatable bonds is 2. The Hall–Kier alpha value is -0.980. The molecule has 2 unspecified atom stereocenters. The molecule has 6 heteroatoms. The van der Waals surface area contributed by atoms with E-state index in [1.807, 2.05) is 6.92 Å².